The molecule has 2 aromatic carbocycles. The Morgan fingerprint density at radius 3 is 2.29 bits per heavy atom. The molecule has 0 bridgehead atoms. The fourth-order valence-corrected chi connectivity index (χ4v) is 3.17. The smallest absolute Gasteiger partial charge is 0.338 e. The third-order valence-electron chi connectivity index (χ3n) is 3.95. The summed E-state index contributed by atoms with van der Waals surface area (Å²) in [6, 6.07) is 10.1. The van der Waals surface area contributed by atoms with Crippen molar-refractivity contribution < 1.29 is 22.4 Å². The van der Waals surface area contributed by atoms with Crippen molar-refractivity contribution in [2.24, 2.45) is 7.05 Å². The van der Waals surface area contributed by atoms with Crippen LogP contribution in [0.3, 0.4) is 0 Å². The molecule has 1 heterocycles. The first kappa shape index (κ1) is 19.9. The van der Waals surface area contributed by atoms with E-state index in [2.05, 4.69) is 10.3 Å². The van der Waals surface area contributed by atoms with Gasteiger partial charge in [0.1, 0.15) is 17.7 Å². The number of hydrogen-bond donors (Lipinski definition) is 1. The molecule has 9 heteroatoms. The summed E-state index contributed by atoms with van der Waals surface area (Å²) in [6.45, 7) is 0. The molecule has 146 valence electrons. The van der Waals surface area contributed by atoms with E-state index in [0.717, 1.165) is 0 Å². The van der Waals surface area contributed by atoms with Crippen LogP contribution in [-0.4, -0.2) is 21.0 Å². The van der Waals surface area contributed by atoms with E-state index in [0.29, 0.717) is 11.4 Å². The van der Waals surface area contributed by atoms with E-state index >= 15 is 0 Å². The molecule has 0 radical (unpaired) electrons. The number of alkyl halides is 3. The number of nitrogens with zero attached hydrogens (tertiary/aromatic N) is 2. The molecule has 3 aromatic rings. The van der Waals surface area contributed by atoms with Gasteiger partial charge >= 0.3 is 5.51 Å². The average molecular weight is 409 g/mol. The summed E-state index contributed by atoms with van der Waals surface area (Å²) in [4.78, 5) is 16.9. The largest absolute Gasteiger partial charge is 0.446 e. The maximum absolute atomic E-state index is 13.3. The van der Waals surface area contributed by atoms with Crippen molar-refractivity contribution in [3.05, 3.63) is 83.7 Å². The van der Waals surface area contributed by atoms with Crippen molar-refractivity contribution in [3.63, 3.8) is 0 Å². The molecule has 4 nitrogen and oxygen atoms in total. The molecule has 1 amide bonds. The van der Waals surface area contributed by atoms with Crippen molar-refractivity contribution >= 4 is 17.7 Å². The number of imidazole rings is 1. The van der Waals surface area contributed by atoms with Crippen LogP contribution in [0.5, 0.6) is 0 Å². The summed E-state index contributed by atoms with van der Waals surface area (Å²) in [6.07, 6.45) is 3.28. The average Bonchev–Trinajstić information content (AvgIpc) is 3.05. The highest BCUT2D eigenvalue weighted by molar-refractivity contribution is 8.00. The number of aryl methyl sites for hydroxylation is 1. The molecule has 1 unspecified atom stereocenters. The van der Waals surface area contributed by atoms with Crippen molar-refractivity contribution in [1.29, 1.82) is 0 Å². The Balaban J connectivity index is 1.83. The molecular weight excluding hydrogens is 394 g/mol. The summed E-state index contributed by atoms with van der Waals surface area (Å²) in [5.41, 5.74) is -3.57. The molecule has 3 rings (SSSR count). The van der Waals surface area contributed by atoms with Gasteiger partial charge in [-0.2, -0.15) is 13.2 Å². The number of thioether (sulfide) groups is 1. The Morgan fingerprint density at radius 1 is 1.11 bits per heavy atom. The van der Waals surface area contributed by atoms with Gasteiger partial charge in [0, 0.05) is 29.9 Å². The molecule has 0 aliphatic rings. The quantitative estimate of drug-likeness (QED) is 0.491. The van der Waals surface area contributed by atoms with Crippen molar-refractivity contribution in [1.82, 2.24) is 14.9 Å². The van der Waals surface area contributed by atoms with Gasteiger partial charge in [0.15, 0.2) is 0 Å². The Morgan fingerprint density at radius 2 is 1.75 bits per heavy atom. The lowest BCUT2D eigenvalue weighted by molar-refractivity contribution is -0.0328. The zero-order valence-corrected chi connectivity index (χ0v) is 15.4. The Kier molecular flexibility index (Phi) is 5.73. The number of rotatable bonds is 5. The summed E-state index contributed by atoms with van der Waals surface area (Å²) < 4.78 is 52.3. The number of aromatic nitrogens is 2. The fraction of sp³-hybridized carbons (Fsp3) is 0.158. The van der Waals surface area contributed by atoms with Crippen LogP contribution < -0.4 is 5.32 Å². The van der Waals surface area contributed by atoms with Crippen molar-refractivity contribution in [2.75, 3.05) is 0 Å². The minimum absolute atomic E-state index is 0.0109. The third kappa shape index (κ3) is 4.92. The normalized spacial score (nSPS) is 12.6. The maximum Gasteiger partial charge on any atom is 0.446 e. The molecule has 1 atom stereocenters. The Hall–Kier alpha value is -2.81. The van der Waals surface area contributed by atoms with Crippen LogP contribution in [0.2, 0.25) is 0 Å². The van der Waals surface area contributed by atoms with E-state index in [9.17, 15) is 22.4 Å². The lowest BCUT2D eigenvalue weighted by Gasteiger charge is -2.19. The molecule has 1 N–H and O–H groups in total. The van der Waals surface area contributed by atoms with E-state index in [4.69, 9.17) is 0 Å². The van der Waals surface area contributed by atoms with Crippen molar-refractivity contribution in [2.45, 2.75) is 16.4 Å². The first-order chi connectivity index (χ1) is 13.2. The van der Waals surface area contributed by atoms with E-state index < -0.39 is 23.3 Å². The first-order valence-corrected chi connectivity index (χ1v) is 8.94. The predicted molar refractivity (Wildman–Crippen MR) is 97.3 cm³/mol. The van der Waals surface area contributed by atoms with Crippen LogP contribution in [0.4, 0.5) is 17.6 Å². The number of carbonyl (C=O) groups is 1. The standard InChI is InChI=1S/C19H15F4N3OS/c1-26-11-10-24-17(26)16(12-2-6-14(20)7-3-12)25-18(27)13-4-8-15(9-5-13)28-19(21,22)23/h2-11,16H,1H3,(H,25,27). The SMILES string of the molecule is Cn1ccnc1C(NC(=O)c1ccc(SC(F)(F)F)cc1)c1ccc(F)cc1. The Labute approximate surface area is 162 Å². The number of carbonyl (C=O) groups excluding carboxylic acids is 1. The summed E-state index contributed by atoms with van der Waals surface area (Å²) >= 11 is -0.247. The second-order valence-electron chi connectivity index (χ2n) is 5.93. The van der Waals surface area contributed by atoms with Gasteiger partial charge in [-0.1, -0.05) is 12.1 Å². The second kappa shape index (κ2) is 8.05. The zero-order valence-electron chi connectivity index (χ0n) is 14.6. The number of amides is 1. The lowest BCUT2D eigenvalue weighted by atomic mass is 10.1. The molecule has 1 aromatic heterocycles. The van der Waals surface area contributed by atoms with Gasteiger partial charge in [-0.15, -0.1) is 0 Å². The van der Waals surface area contributed by atoms with Gasteiger partial charge in [0.25, 0.3) is 5.91 Å². The topological polar surface area (TPSA) is 46.9 Å². The van der Waals surface area contributed by atoms with Gasteiger partial charge in [0.05, 0.1) is 0 Å². The summed E-state index contributed by atoms with van der Waals surface area (Å²) in [5.74, 6) is -0.364. The third-order valence-corrected chi connectivity index (χ3v) is 4.68. The predicted octanol–water partition coefficient (Wildman–Crippen LogP) is 4.69. The van der Waals surface area contributed by atoms with Crippen LogP contribution in [0, 0.1) is 5.82 Å². The monoisotopic (exact) mass is 409 g/mol. The van der Waals surface area contributed by atoms with Gasteiger partial charge in [0.2, 0.25) is 0 Å². The molecule has 0 aliphatic carbocycles. The number of nitrogens with one attached hydrogen (secondary N) is 1. The number of hydrogen-bond acceptors (Lipinski definition) is 3. The first-order valence-electron chi connectivity index (χ1n) is 8.12. The van der Waals surface area contributed by atoms with Gasteiger partial charge in [-0.25, -0.2) is 9.37 Å². The maximum atomic E-state index is 13.3. The zero-order chi connectivity index (χ0) is 20.3. The molecule has 0 saturated carbocycles. The number of halogens is 4. The highest BCUT2D eigenvalue weighted by Crippen LogP contribution is 2.36. The molecule has 0 spiro atoms. The molecular formula is C19H15F4N3OS. The Bertz CT molecular complexity index is 953. The van der Waals surface area contributed by atoms with E-state index in [1.165, 1.54) is 48.5 Å². The van der Waals surface area contributed by atoms with Crippen LogP contribution in [0.15, 0.2) is 65.8 Å². The molecule has 28 heavy (non-hydrogen) atoms. The van der Waals surface area contributed by atoms with Crippen LogP contribution in [0.25, 0.3) is 0 Å². The minimum Gasteiger partial charge on any atom is -0.338 e. The lowest BCUT2D eigenvalue weighted by Crippen LogP contribution is -2.31. The molecule has 0 saturated heterocycles. The van der Waals surface area contributed by atoms with Gasteiger partial charge in [-0.3, -0.25) is 4.79 Å². The number of benzene rings is 2. The highest BCUT2D eigenvalue weighted by Gasteiger charge is 2.29. The fourth-order valence-electron chi connectivity index (χ4n) is 2.63. The van der Waals surface area contributed by atoms with Crippen LogP contribution in [-0.2, 0) is 7.05 Å². The highest BCUT2D eigenvalue weighted by atomic mass is 32.2. The van der Waals surface area contributed by atoms with Crippen molar-refractivity contribution in [3.8, 4) is 0 Å². The van der Waals surface area contributed by atoms with Gasteiger partial charge in [-0.05, 0) is 53.7 Å². The minimum atomic E-state index is -4.39. The van der Waals surface area contributed by atoms with E-state index in [1.807, 2.05) is 0 Å². The van der Waals surface area contributed by atoms with Crippen LogP contribution in [0.1, 0.15) is 27.8 Å². The van der Waals surface area contributed by atoms with Crippen LogP contribution >= 0.6 is 11.8 Å². The molecule has 0 fully saturated rings. The summed E-state index contributed by atoms with van der Waals surface area (Å²) in [5, 5.41) is 2.81. The second-order valence-corrected chi connectivity index (χ2v) is 7.06. The molecule has 0 aliphatic heterocycles. The summed E-state index contributed by atoms with van der Waals surface area (Å²) in [7, 11) is 1.76. The van der Waals surface area contributed by atoms with Gasteiger partial charge < -0.3 is 9.88 Å². The van der Waals surface area contributed by atoms with E-state index in [-0.39, 0.29) is 22.2 Å². The van der Waals surface area contributed by atoms with E-state index in [1.54, 1.807) is 24.0 Å².